The lowest BCUT2D eigenvalue weighted by atomic mass is 10.1. The van der Waals surface area contributed by atoms with E-state index in [1.165, 1.54) is 0 Å². The van der Waals surface area contributed by atoms with Crippen LogP contribution in [0.2, 0.25) is 0 Å². The van der Waals surface area contributed by atoms with Crippen LogP contribution in [-0.4, -0.2) is 30.4 Å². The Morgan fingerprint density at radius 1 is 1.53 bits per heavy atom. The van der Waals surface area contributed by atoms with E-state index in [4.69, 9.17) is 14.6 Å². The molecule has 2 rings (SSSR count). The maximum atomic E-state index is 10.8. The average Bonchev–Trinajstić information content (AvgIpc) is 2.11. The van der Waals surface area contributed by atoms with Gasteiger partial charge in [0.2, 0.25) is 0 Å². The third kappa shape index (κ3) is 2.10. The molecule has 1 aromatic carbocycles. The molecule has 0 spiro atoms. The maximum absolute atomic E-state index is 10.8. The second-order valence-corrected chi connectivity index (χ2v) is 3.56. The van der Waals surface area contributed by atoms with Gasteiger partial charge in [0.15, 0.2) is 0 Å². The van der Waals surface area contributed by atoms with Gasteiger partial charge in [0, 0.05) is 0 Å². The van der Waals surface area contributed by atoms with Gasteiger partial charge in [-0.25, -0.2) is 4.79 Å². The Kier molecular flexibility index (Phi) is 2.60. The molecule has 4 heteroatoms. The zero-order valence-corrected chi connectivity index (χ0v) is 8.40. The third-order valence-electron chi connectivity index (χ3n) is 2.34. The minimum atomic E-state index is -0.911. The molecule has 0 saturated carbocycles. The number of carbonyl (C=O) groups is 1. The van der Waals surface area contributed by atoms with Crippen LogP contribution in [0, 0.1) is 6.92 Å². The van der Waals surface area contributed by atoms with Crippen LogP contribution in [0.5, 0.6) is 5.75 Å². The summed E-state index contributed by atoms with van der Waals surface area (Å²) in [6.45, 7) is 2.98. The second-order valence-electron chi connectivity index (χ2n) is 3.56. The molecule has 1 saturated heterocycles. The van der Waals surface area contributed by atoms with Crippen LogP contribution in [0.3, 0.4) is 0 Å². The average molecular weight is 208 g/mol. The molecular weight excluding hydrogens is 196 g/mol. The molecule has 1 heterocycles. The molecule has 1 fully saturated rings. The van der Waals surface area contributed by atoms with Crippen molar-refractivity contribution < 1.29 is 19.4 Å². The molecule has 0 amide bonds. The molecular formula is C11H12O4. The van der Waals surface area contributed by atoms with Gasteiger partial charge < -0.3 is 14.6 Å². The van der Waals surface area contributed by atoms with Crippen LogP contribution in [0.25, 0.3) is 0 Å². The number of ether oxygens (including phenoxy) is 2. The normalized spacial score (nSPS) is 15.8. The number of carboxylic acid groups (broad SMARTS) is 1. The van der Waals surface area contributed by atoms with Crippen molar-refractivity contribution in [3.05, 3.63) is 29.3 Å². The maximum Gasteiger partial charge on any atom is 0.335 e. The summed E-state index contributed by atoms with van der Waals surface area (Å²) in [5.41, 5.74) is 1.02. The SMILES string of the molecule is Cc1cc(OC2COC2)ccc1C(=O)O. The molecule has 1 aromatic rings. The van der Waals surface area contributed by atoms with Gasteiger partial charge in [0.25, 0.3) is 0 Å². The van der Waals surface area contributed by atoms with Crippen LogP contribution in [0.15, 0.2) is 18.2 Å². The van der Waals surface area contributed by atoms with Gasteiger partial charge >= 0.3 is 5.97 Å². The summed E-state index contributed by atoms with van der Waals surface area (Å²) in [5, 5.41) is 8.83. The summed E-state index contributed by atoms with van der Waals surface area (Å²) < 4.78 is 10.5. The van der Waals surface area contributed by atoms with Gasteiger partial charge in [0.05, 0.1) is 18.8 Å². The summed E-state index contributed by atoms with van der Waals surface area (Å²) in [6.07, 6.45) is 0.111. The van der Waals surface area contributed by atoms with Crippen LogP contribution in [0.4, 0.5) is 0 Å². The molecule has 1 N–H and O–H groups in total. The lowest BCUT2D eigenvalue weighted by molar-refractivity contribution is -0.0797. The highest BCUT2D eigenvalue weighted by Gasteiger charge is 2.20. The van der Waals surface area contributed by atoms with Crippen molar-refractivity contribution in [1.29, 1.82) is 0 Å². The topological polar surface area (TPSA) is 55.8 Å². The highest BCUT2D eigenvalue weighted by atomic mass is 16.6. The Morgan fingerprint density at radius 3 is 2.73 bits per heavy atom. The Bertz CT molecular complexity index is 382. The van der Waals surface area contributed by atoms with Crippen molar-refractivity contribution in [2.24, 2.45) is 0 Å². The van der Waals surface area contributed by atoms with Crippen molar-refractivity contribution in [3.8, 4) is 5.75 Å². The summed E-state index contributed by atoms with van der Waals surface area (Å²) >= 11 is 0. The van der Waals surface area contributed by atoms with Crippen LogP contribution in [-0.2, 0) is 4.74 Å². The van der Waals surface area contributed by atoms with E-state index in [0.29, 0.717) is 30.1 Å². The molecule has 15 heavy (non-hydrogen) atoms. The van der Waals surface area contributed by atoms with E-state index in [2.05, 4.69) is 0 Å². The molecule has 1 aliphatic rings. The summed E-state index contributed by atoms with van der Waals surface area (Å²) in [7, 11) is 0. The van der Waals surface area contributed by atoms with Crippen molar-refractivity contribution in [2.75, 3.05) is 13.2 Å². The van der Waals surface area contributed by atoms with Gasteiger partial charge in [-0.2, -0.15) is 0 Å². The molecule has 80 valence electrons. The van der Waals surface area contributed by atoms with Crippen molar-refractivity contribution in [3.63, 3.8) is 0 Å². The largest absolute Gasteiger partial charge is 0.486 e. The van der Waals surface area contributed by atoms with Gasteiger partial charge in [0.1, 0.15) is 11.9 Å². The third-order valence-corrected chi connectivity index (χ3v) is 2.34. The summed E-state index contributed by atoms with van der Waals surface area (Å²) in [6, 6.07) is 4.98. The molecule has 0 unspecified atom stereocenters. The van der Waals surface area contributed by atoms with E-state index in [-0.39, 0.29) is 6.10 Å². The number of hydrogen-bond acceptors (Lipinski definition) is 3. The van der Waals surface area contributed by atoms with E-state index in [0.717, 1.165) is 0 Å². The van der Waals surface area contributed by atoms with E-state index in [1.807, 2.05) is 0 Å². The fraction of sp³-hybridized carbons (Fsp3) is 0.364. The predicted molar refractivity (Wildman–Crippen MR) is 53.4 cm³/mol. The quantitative estimate of drug-likeness (QED) is 0.817. The van der Waals surface area contributed by atoms with E-state index >= 15 is 0 Å². The highest BCUT2D eigenvalue weighted by Crippen LogP contribution is 2.20. The lowest BCUT2D eigenvalue weighted by Gasteiger charge is -2.26. The Balaban J connectivity index is 2.13. The van der Waals surface area contributed by atoms with E-state index in [9.17, 15) is 4.79 Å². The Morgan fingerprint density at radius 2 is 2.27 bits per heavy atom. The van der Waals surface area contributed by atoms with Crippen molar-refractivity contribution >= 4 is 5.97 Å². The number of benzene rings is 1. The number of aromatic carboxylic acids is 1. The second kappa shape index (κ2) is 3.90. The van der Waals surface area contributed by atoms with E-state index < -0.39 is 5.97 Å². The van der Waals surface area contributed by atoms with Gasteiger partial charge in [-0.1, -0.05) is 0 Å². The lowest BCUT2D eigenvalue weighted by Crippen LogP contribution is -2.38. The van der Waals surface area contributed by atoms with Crippen LogP contribution < -0.4 is 4.74 Å². The molecule has 0 bridgehead atoms. The fourth-order valence-corrected chi connectivity index (χ4v) is 1.42. The van der Waals surface area contributed by atoms with Gasteiger partial charge in [-0.15, -0.1) is 0 Å². The molecule has 0 aliphatic carbocycles. The van der Waals surface area contributed by atoms with Crippen molar-refractivity contribution in [2.45, 2.75) is 13.0 Å². The molecule has 1 aliphatic heterocycles. The first-order valence-corrected chi connectivity index (χ1v) is 4.75. The molecule has 0 radical (unpaired) electrons. The van der Waals surface area contributed by atoms with E-state index in [1.54, 1.807) is 25.1 Å². The number of hydrogen-bond donors (Lipinski definition) is 1. The first-order chi connectivity index (χ1) is 7.16. The highest BCUT2D eigenvalue weighted by molar-refractivity contribution is 5.89. The zero-order valence-electron chi connectivity index (χ0n) is 8.40. The van der Waals surface area contributed by atoms with Gasteiger partial charge in [-0.3, -0.25) is 0 Å². The minimum absolute atomic E-state index is 0.111. The van der Waals surface area contributed by atoms with Crippen molar-refractivity contribution in [1.82, 2.24) is 0 Å². The number of carboxylic acids is 1. The minimum Gasteiger partial charge on any atom is -0.486 e. The number of aryl methyl sites for hydroxylation is 1. The molecule has 4 nitrogen and oxygen atoms in total. The smallest absolute Gasteiger partial charge is 0.335 e. The van der Waals surface area contributed by atoms with Gasteiger partial charge in [-0.05, 0) is 30.7 Å². The fourth-order valence-electron chi connectivity index (χ4n) is 1.42. The number of rotatable bonds is 3. The van der Waals surface area contributed by atoms with Crippen LogP contribution in [0.1, 0.15) is 15.9 Å². The summed E-state index contributed by atoms with van der Waals surface area (Å²) in [4.78, 5) is 10.8. The zero-order chi connectivity index (χ0) is 10.8. The Hall–Kier alpha value is -1.55. The first kappa shape index (κ1) is 9.98. The monoisotopic (exact) mass is 208 g/mol. The van der Waals surface area contributed by atoms with Crippen LogP contribution >= 0.6 is 0 Å². The first-order valence-electron chi connectivity index (χ1n) is 4.75. The molecule has 0 atom stereocenters. The predicted octanol–water partition coefficient (Wildman–Crippen LogP) is 1.47. The Labute approximate surface area is 87.4 Å². The summed E-state index contributed by atoms with van der Waals surface area (Å²) in [5.74, 6) is -0.211. The standard InChI is InChI=1S/C11H12O4/c1-7-4-8(15-9-5-14-6-9)2-3-10(7)11(12)13/h2-4,9H,5-6H2,1H3,(H,12,13). The molecule has 0 aromatic heterocycles.